The molecular weight excluding hydrogens is 364 g/mol. The van der Waals surface area contributed by atoms with Crippen molar-refractivity contribution in [3.63, 3.8) is 0 Å². The number of methoxy groups -OCH3 is 1. The molecule has 0 unspecified atom stereocenters. The lowest BCUT2D eigenvalue weighted by Crippen LogP contribution is -2.34. The van der Waals surface area contributed by atoms with Crippen molar-refractivity contribution >= 4 is 40.5 Å². The van der Waals surface area contributed by atoms with Gasteiger partial charge in [0.15, 0.2) is 16.6 Å². The molecule has 1 aliphatic rings. The average molecular weight is 379 g/mol. The minimum absolute atomic E-state index is 0.161. The molecule has 1 aliphatic heterocycles. The van der Waals surface area contributed by atoms with E-state index in [1.165, 1.54) is 13.2 Å². The number of halogens is 1. The van der Waals surface area contributed by atoms with E-state index in [9.17, 15) is 4.79 Å². The van der Waals surface area contributed by atoms with E-state index >= 15 is 0 Å². The Hall–Kier alpha value is -2.51. The molecule has 1 amide bonds. The number of rotatable bonds is 3. The molecule has 0 saturated heterocycles. The molecule has 0 radical (unpaired) electrons. The van der Waals surface area contributed by atoms with Crippen molar-refractivity contribution in [3.05, 3.63) is 47.0 Å². The molecule has 2 aromatic carbocycles. The summed E-state index contributed by atoms with van der Waals surface area (Å²) in [6.45, 7) is 1.02. The number of ether oxygens (including phenoxy) is 3. The minimum Gasteiger partial charge on any atom is -0.495 e. The number of amides is 1. The molecule has 6 nitrogen and oxygen atoms in total. The maximum Gasteiger partial charge on any atom is 0.257 e. The fourth-order valence-electron chi connectivity index (χ4n) is 2.27. The summed E-state index contributed by atoms with van der Waals surface area (Å²) in [7, 11) is 1.51. The van der Waals surface area contributed by atoms with Gasteiger partial charge >= 0.3 is 0 Å². The Morgan fingerprint density at radius 2 is 1.92 bits per heavy atom. The number of hydrogen-bond donors (Lipinski definition) is 2. The number of benzene rings is 2. The number of nitrogens with one attached hydrogen (secondary N) is 2. The van der Waals surface area contributed by atoms with E-state index in [1.807, 2.05) is 0 Å². The molecule has 2 aromatic rings. The molecule has 0 spiro atoms. The summed E-state index contributed by atoms with van der Waals surface area (Å²) >= 11 is 11.2. The molecule has 0 aromatic heterocycles. The highest BCUT2D eigenvalue weighted by Gasteiger charge is 2.14. The van der Waals surface area contributed by atoms with Crippen LogP contribution in [-0.2, 0) is 0 Å². The van der Waals surface area contributed by atoms with Crippen LogP contribution in [0.25, 0.3) is 0 Å². The summed E-state index contributed by atoms with van der Waals surface area (Å²) in [5, 5.41) is 6.04. The molecular formula is C17H15ClN2O4S. The van der Waals surface area contributed by atoms with Crippen molar-refractivity contribution in [1.82, 2.24) is 5.32 Å². The summed E-state index contributed by atoms with van der Waals surface area (Å²) in [4.78, 5) is 12.2. The standard InChI is InChI=1S/C17H15ClN2O4S/c1-22-13-4-2-10(8-12(13)18)16(21)20-17(25)19-11-3-5-14-15(9-11)24-7-6-23-14/h2-5,8-9H,6-7H2,1H3,(H2,19,20,21,25). The van der Waals surface area contributed by atoms with Gasteiger partial charge in [-0.25, -0.2) is 0 Å². The van der Waals surface area contributed by atoms with Gasteiger partial charge in [-0.1, -0.05) is 11.6 Å². The van der Waals surface area contributed by atoms with Crippen molar-refractivity contribution in [3.8, 4) is 17.2 Å². The molecule has 8 heteroatoms. The monoisotopic (exact) mass is 378 g/mol. The Morgan fingerprint density at radius 1 is 1.16 bits per heavy atom. The summed E-state index contributed by atoms with van der Waals surface area (Å²) in [5.74, 6) is 1.43. The smallest absolute Gasteiger partial charge is 0.257 e. The number of carbonyl (C=O) groups excluding carboxylic acids is 1. The Bertz CT molecular complexity index is 828. The zero-order valence-electron chi connectivity index (χ0n) is 13.3. The predicted molar refractivity (Wildman–Crippen MR) is 99.1 cm³/mol. The largest absolute Gasteiger partial charge is 0.495 e. The van der Waals surface area contributed by atoms with Gasteiger partial charge in [0.25, 0.3) is 5.91 Å². The van der Waals surface area contributed by atoms with Crippen molar-refractivity contribution in [1.29, 1.82) is 0 Å². The lowest BCUT2D eigenvalue weighted by molar-refractivity contribution is 0.0977. The van der Waals surface area contributed by atoms with Crippen LogP contribution in [0.3, 0.4) is 0 Å². The second-order valence-corrected chi connectivity index (χ2v) is 5.93. The van der Waals surface area contributed by atoms with E-state index < -0.39 is 0 Å². The van der Waals surface area contributed by atoms with Crippen LogP contribution in [0.1, 0.15) is 10.4 Å². The van der Waals surface area contributed by atoms with Crippen LogP contribution in [-0.4, -0.2) is 31.3 Å². The van der Waals surface area contributed by atoms with Crippen LogP contribution in [0.5, 0.6) is 17.2 Å². The molecule has 0 fully saturated rings. The van der Waals surface area contributed by atoms with Gasteiger partial charge in [0.05, 0.1) is 12.1 Å². The highest BCUT2D eigenvalue weighted by molar-refractivity contribution is 7.80. The summed E-state index contributed by atoms with van der Waals surface area (Å²) in [5.41, 5.74) is 1.06. The normalized spacial score (nSPS) is 12.2. The minimum atomic E-state index is -0.375. The third-order valence-corrected chi connectivity index (χ3v) is 3.94. The van der Waals surface area contributed by atoms with Crippen molar-refractivity contribution in [2.45, 2.75) is 0 Å². The van der Waals surface area contributed by atoms with Gasteiger partial charge in [-0.3, -0.25) is 10.1 Å². The number of carbonyl (C=O) groups is 1. The van der Waals surface area contributed by atoms with Gasteiger partial charge in [-0.15, -0.1) is 0 Å². The van der Waals surface area contributed by atoms with Crippen LogP contribution in [0.2, 0.25) is 5.02 Å². The first-order valence-electron chi connectivity index (χ1n) is 7.42. The molecule has 0 atom stereocenters. The number of anilines is 1. The van der Waals surface area contributed by atoms with Crippen molar-refractivity contribution in [2.75, 3.05) is 25.6 Å². The SMILES string of the molecule is COc1ccc(C(=O)NC(=S)Nc2ccc3c(c2)OCCO3)cc1Cl. The molecule has 1 heterocycles. The molecule has 0 saturated carbocycles. The third-order valence-electron chi connectivity index (χ3n) is 3.44. The molecule has 2 N–H and O–H groups in total. The maximum atomic E-state index is 12.2. The maximum absolute atomic E-state index is 12.2. The van der Waals surface area contributed by atoms with Crippen LogP contribution in [0.15, 0.2) is 36.4 Å². The molecule has 0 bridgehead atoms. The first-order chi connectivity index (χ1) is 12.1. The Labute approximate surface area is 155 Å². The third kappa shape index (κ3) is 4.12. The zero-order valence-corrected chi connectivity index (χ0v) is 14.9. The van der Waals surface area contributed by atoms with E-state index in [0.29, 0.717) is 46.7 Å². The van der Waals surface area contributed by atoms with E-state index in [4.69, 9.17) is 38.0 Å². The Balaban J connectivity index is 1.64. The summed E-state index contributed by atoms with van der Waals surface area (Å²) in [6, 6.07) is 10.1. The van der Waals surface area contributed by atoms with Gasteiger partial charge < -0.3 is 19.5 Å². The van der Waals surface area contributed by atoms with E-state index in [2.05, 4.69) is 10.6 Å². The number of hydrogen-bond acceptors (Lipinski definition) is 5. The number of fused-ring (bicyclic) bond motifs is 1. The van der Waals surface area contributed by atoms with Crippen molar-refractivity contribution in [2.24, 2.45) is 0 Å². The zero-order chi connectivity index (χ0) is 17.8. The topological polar surface area (TPSA) is 68.8 Å². The lowest BCUT2D eigenvalue weighted by Gasteiger charge is -2.19. The van der Waals surface area contributed by atoms with Crippen LogP contribution in [0.4, 0.5) is 5.69 Å². The van der Waals surface area contributed by atoms with Gasteiger partial charge in [0, 0.05) is 17.3 Å². The first kappa shape index (κ1) is 17.3. The highest BCUT2D eigenvalue weighted by atomic mass is 35.5. The molecule has 0 aliphatic carbocycles. The molecule has 130 valence electrons. The summed E-state index contributed by atoms with van der Waals surface area (Å²) < 4.78 is 16.0. The van der Waals surface area contributed by atoms with Crippen LogP contribution < -0.4 is 24.8 Å². The van der Waals surface area contributed by atoms with E-state index in [-0.39, 0.29) is 11.0 Å². The molecule has 3 rings (SSSR count). The predicted octanol–water partition coefficient (Wildman–Crippen LogP) is 3.25. The van der Waals surface area contributed by atoms with Gasteiger partial charge in [-0.05, 0) is 42.5 Å². The fraction of sp³-hybridized carbons (Fsp3) is 0.176. The van der Waals surface area contributed by atoms with Gasteiger partial charge in [0.1, 0.15) is 19.0 Å². The van der Waals surface area contributed by atoms with E-state index in [0.717, 1.165) is 0 Å². The van der Waals surface area contributed by atoms with Gasteiger partial charge in [0.2, 0.25) is 0 Å². The van der Waals surface area contributed by atoms with Gasteiger partial charge in [-0.2, -0.15) is 0 Å². The quantitative estimate of drug-likeness (QED) is 0.799. The Kier molecular flexibility index (Phi) is 5.25. The second kappa shape index (κ2) is 7.58. The second-order valence-electron chi connectivity index (χ2n) is 5.12. The van der Waals surface area contributed by atoms with E-state index in [1.54, 1.807) is 30.3 Å². The molecule has 25 heavy (non-hydrogen) atoms. The van der Waals surface area contributed by atoms with Crippen molar-refractivity contribution < 1.29 is 19.0 Å². The highest BCUT2D eigenvalue weighted by Crippen LogP contribution is 2.32. The summed E-state index contributed by atoms with van der Waals surface area (Å²) in [6.07, 6.45) is 0. The lowest BCUT2D eigenvalue weighted by atomic mass is 10.2. The number of thiocarbonyl (C=S) groups is 1. The average Bonchev–Trinajstić information content (AvgIpc) is 2.61. The fourth-order valence-corrected chi connectivity index (χ4v) is 2.73. The Morgan fingerprint density at radius 3 is 2.64 bits per heavy atom. The van der Waals surface area contributed by atoms with Crippen LogP contribution in [0, 0.1) is 0 Å². The first-order valence-corrected chi connectivity index (χ1v) is 8.21. The van der Waals surface area contributed by atoms with Crippen LogP contribution >= 0.6 is 23.8 Å².